The molecule has 0 saturated carbocycles. The Morgan fingerprint density at radius 3 is 2.81 bits per heavy atom. The van der Waals surface area contributed by atoms with Crippen molar-refractivity contribution in [2.24, 2.45) is 0 Å². The maximum atomic E-state index is 5.40. The number of unbranched alkanes of at least 4 members (excludes halogenated alkanes) is 1. The fourth-order valence-electron chi connectivity index (χ4n) is 1.78. The molecule has 1 unspecified atom stereocenters. The first-order chi connectivity index (χ1) is 7.83. The number of hydrogen-bond acceptors (Lipinski definition) is 3. The molecule has 1 aromatic rings. The first-order valence-corrected chi connectivity index (χ1v) is 7.06. The minimum absolute atomic E-state index is 0.467. The lowest BCUT2D eigenvalue weighted by atomic mass is 10.1. The predicted octanol–water partition coefficient (Wildman–Crippen LogP) is 3.99. The van der Waals surface area contributed by atoms with E-state index in [9.17, 15) is 0 Å². The van der Waals surface area contributed by atoms with Gasteiger partial charge in [0, 0.05) is 6.04 Å². The molecule has 0 radical (unpaired) electrons. The lowest BCUT2D eigenvalue weighted by Crippen LogP contribution is -2.21. The molecule has 2 nitrogen and oxygen atoms in total. The summed E-state index contributed by atoms with van der Waals surface area (Å²) >= 11 is 1.80. The van der Waals surface area contributed by atoms with Crippen LogP contribution in [0.3, 0.4) is 0 Å². The van der Waals surface area contributed by atoms with Gasteiger partial charge in [-0.2, -0.15) is 0 Å². The summed E-state index contributed by atoms with van der Waals surface area (Å²) in [6.07, 6.45) is 4.89. The van der Waals surface area contributed by atoms with Crippen LogP contribution in [0.25, 0.3) is 0 Å². The molecule has 1 N–H and O–H groups in total. The summed E-state index contributed by atoms with van der Waals surface area (Å²) in [5.74, 6) is 1.04. The number of ether oxygens (including phenoxy) is 1. The third-order valence-corrected chi connectivity index (χ3v) is 3.69. The molecule has 16 heavy (non-hydrogen) atoms. The topological polar surface area (TPSA) is 21.3 Å². The largest absolute Gasteiger partial charge is 0.496 e. The summed E-state index contributed by atoms with van der Waals surface area (Å²) in [6, 6.07) is 2.53. The molecule has 1 atom stereocenters. The van der Waals surface area contributed by atoms with Crippen LogP contribution in [0.1, 0.15) is 50.4 Å². The van der Waals surface area contributed by atoms with E-state index in [4.69, 9.17) is 4.74 Å². The number of methoxy groups -OCH3 is 1. The Bertz CT molecular complexity index is 277. The fraction of sp³-hybridized carbons (Fsp3) is 0.692. The highest BCUT2D eigenvalue weighted by atomic mass is 32.1. The average molecular weight is 241 g/mol. The van der Waals surface area contributed by atoms with Crippen molar-refractivity contribution in [1.29, 1.82) is 0 Å². The van der Waals surface area contributed by atoms with Gasteiger partial charge in [-0.25, -0.2) is 0 Å². The molecule has 0 bridgehead atoms. The molecule has 1 aromatic heterocycles. The monoisotopic (exact) mass is 241 g/mol. The molecule has 1 rings (SSSR count). The third-order valence-electron chi connectivity index (χ3n) is 2.68. The summed E-state index contributed by atoms with van der Waals surface area (Å²) in [5.41, 5.74) is 0. The van der Waals surface area contributed by atoms with E-state index in [1.165, 1.54) is 30.6 Å². The lowest BCUT2D eigenvalue weighted by Gasteiger charge is -2.18. The van der Waals surface area contributed by atoms with Crippen molar-refractivity contribution >= 4 is 11.3 Å². The van der Waals surface area contributed by atoms with Gasteiger partial charge in [0.15, 0.2) is 0 Å². The quantitative estimate of drug-likeness (QED) is 0.743. The van der Waals surface area contributed by atoms with Crippen molar-refractivity contribution in [3.05, 3.63) is 16.3 Å². The van der Waals surface area contributed by atoms with Crippen LogP contribution in [0.15, 0.2) is 11.4 Å². The van der Waals surface area contributed by atoms with Gasteiger partial charge >= 0.3 is 0 Å². The minimum atomic E-state index is 0.467. The van der Waals surface area contributed by atoms with Crippen molar-refractivity contribution < 1.29 is 4.74 Å². The second-order valence-electron chi connectivity index (χ2n) is 4.00. The maximum absolute atomic E-state index is 5.40. The van der Waals surface area contributed by atoms with Gasteiger partial charge in [0.2, 0.25) is 0 Å². The van der Waals surface area contributed by atoms with Crippen LogP contribution in [0.2, 0.25) is 0 Å². The molecule has 0 aliphatic rings. The second-order valence-corrected chi connectivity index (χ2v) is 4.95. The van der Waals surface area contributed by atoms with E-state index in [2.05, 4.69) is 30.6 Å². The van der Waals surface area contributed by atoms with E-state index in [0.717, 1.165) is 12.3 Å². The third kappa shape index (κ3) is 3.80. The SMILES string of the molecule is CCCCC(NCCC)c1sccc1OC. The summed E-state index contributed by atoms with van der Waals surface area (Å²) in [7, 11) is 1.75. The van der Waals surface area contributed by atoms with Crippen LogP contribution in [0.4, 0.5) is 0 Å². The van der Waals surface area contributed by atoms with Crippen LogP contribution >= 0.6 is 11.3 Å². The molecule has 0 aliphatic carbocycles. The Hall–Kier alpha value is -0.540. The van der Waals surface area contributed by atoms with Crippen LogP contribution < -0.4 is 10.1 Å². The fourth-order valence-corrected chi connectivity index (χ4v) is 2.76. The number of thiophene rings is 1. The van der Waals surface area contributed by atoms with Gasteiger partial charge in [-0.15, -0.1) is 11.3 Å². The average Bonchev–Trinajstić information content (AvgIpc) is 2.77. The first-order valence-electron chi connectivity index (χ1n) is 6.18. The predicted molar refractivity (Wildman–Crippen MR) is 71.4 cm³/mol. The maximum Gasteiger partial charge on any atom is 0.134 e. The molecule has 0 amide bonds. The zero-order chi connectivity index (χ0) is 11.8. The summed E-state index contributed by atoms with van der Waals surface area (Å²) in [4.78, 5) is 1.35. The normalized spacial score (nSPS) is 12.7. The van der Waals surface area contributed by atoms with E-state index < -0.39 is 0 Å². The lowest BCUT2D eigenvalue weighted by molar-refractivity contribution is 0.397. The van der Waals surface area contributed by atoms with Gasteiger partial charge in [-0.1, -0.05) is 26.7 Å². The second kappa shape index (κ2) is 7.69. The molecule has 92 valence electrons. The van der Waals surface area contributed by atoms with E-state index in [-0.39, 0.29) is 0 Å². The molecule has 0 saturated heterocycles. The van der Waals surface area contributed by atoms with Crippen LogP contribution in [0.5, 0.6) is 5.75 Å². The Morgan fingerprint density at radius 2 is 2.19 bits per heavy atom. The Labute approximate surface area is 103 Å². The van der Waals surface area contributed by atoms with Gasteiger partial charge in [0.25, 0.3) is 0 Å². The number of hydrogen-bond donors (Lipinski definition) is 1. The van der Waals surface area contributed by atoms with Gasteiger partial charge in [-0.3, -0.25) is 0 Å². The molecule has 0 spiro atoms. The van der Waals surface area contributed by atoms with Gasteiger partial charge < -0.3 is 10.1 Å². The highest BCUT2D eigenvalue weighted by molar-refractivity contribution is 7.10. The van der Waals surface area contributed by atoms with Crippen LogP contribution in [-0.2, 0) is 0 Å². The van der Waals surface area contributed by atoms with Crippen LogP contribution in [-0.4, -0.2) is 13.7 Å². The van der Waals surface area contributed by atoms with E-state index >= 15 is 0 Å². The van der Waals surface area contributed by atoms with Crippen molar-refractivity contribution in [1.82, 2.24) is 5.32 Å². The minimum Gasteiger partial charge on any atom is -0.496 e. The molecule has 3 heteroatoms. The first kappa shape index (κ1) is 13.5. The Morgan fingerprint density at radius 1 is 1.38 bits per heavy atom. The van der Waals surface area contributed by atoms with Crippen molar-refractivity contribution in [3.63, 3.8) is 0 Å². The van der Waals surface area contributed by atoms with Gasteiger partial charge in [0.1, 0.15) is 5.75 Å². The Balaban J connectivity index is 2.66. The van der Waals surface area contributed by atoms with Gasteiger partial charge in [0.05, 0.1) is 12.0 Å². The summed E-state index contributed by atoms with van der Waals surface area (Å²) in [6.45, 7) is 5.52. The highest BCUT2D eigenvalue weighted by Gasteiger charge is 2.16. The van der Waals surface area contributed by atoms with Crippen LogP contribution in [0, 0.1) is 0 Å². The zero-order valence-corrected chi connectivity index (χ0v) is 11.4. The van der Waals surface area contributed by atoms with Crippen molar-refractivity contribution in [3.8, 4) is 5.75 Å². The van der Waals surface area contributed by atoms with Crippen molar-refractivity contribution in [2.45, 2.75) is 45.6 Å². The van der Waals surface area contributed by atoms with Gasteiger partial charge in [-0.05, 0) is 30.8 Å². The molecular formula is C13H23NOS. The highest BCUT2D eigenvalue weighted by Crippen LogP contribution is 2.33. The smallest absolute Gasteiger partial charge is 0.134 e. The number of rotatable bonds is 8. The van der Waals surface area contributed by atoms with E-state index in [0.29, 0.717) is 6.04 Å². The van der Waals surface area contributed by atoms with Crippen molar-refractivity contribution in [2.75, 3.05) is 13.7 Å². The molecule has 1 heterocycles. The molecule has 0 aromatic carbocycles. The zero-order valence-electron chi connectivity index (χ0n) is 10.6. The molecule has 0 fully saturated rings. The Kier molecular flexibility index (Phi) is 6.50. The van der Waals surface area contributed by atoms with E-state index in [1.54, 1.807) is 18.4 Å². The van der Waals surface area contributed by atoms with E-state index in [1.807, 2.05) is 0 Å². The molecule has 0 aliphatic heterocycles. The standard InChI is InChI=1S/C13H23NOS/c1-4-6-7-11(14-9-5-2)13-12(15-3)8-10-16-13/h8,10-11,14H,4-7,9H2,1-3H3. The summed E-state index contributed by atoms with van der Waals surface area (Å²) < 4.78 is 5.40. The molecular weight excluding hydrogens is 218 g/mol. The summed E-state index contributed by atoms with van der Waals surface area (Å²) in [5, 5.41) is 5.72. The number of nitrogens with one attached hydrogen (secondary N) is 1.